The first-order valence-electron chi connectivity index (χ1n) is 9.24. The van der Waals surface area contributed by atoms with Gasteiger partial charge in [0.05, 0.1) is 24.0 Å². The first kappa shape index (κ1) is 20.8. The molecule has 152 valence electrons. The van der Waals surface area contributed by atoms with Gasteiger partial charge in [-0.25, -0.2) is 8.42 Å². The van der Waals surface area contributed by atoms with E-state index in [9.17, 15) is 13.2 Å². The maximum atomic E-state index is 13.0. The van der Waals surface area contributed by atoms with Crippen LogP contribution in [0.2, 0.25) is 0 Å². The Labute approximate surface area is 170 Å². The maximum absolute atomic E-state index is 13.0. The largest absolute Gasteiger partial charge is 0.497 e. The molecule has 1 aromatic carbocycles. The van der Waals surface area contributed by atoms with Gasteiger partial charge in [0.2, 0.25) is 10.0 Å². The van der Waals surface area contributed by atoms with Crippen LogP contribution < -0.4 is 4.74 Å². The van der Waals surface area contributed by atoms with Crippen LogP contribution in [-0.4, -0.2) is 45.5 Å². The highest BCUT2D eigenvalue weighted by Gasteiger charge is 2.46. The Morgan fingerprint density at radius 1 is 1.32 bits per heavy atom. The van der Waals surface area contributed by atoms with Crippen LogP contribution in [0.25, 0.3) is 0 Å². The molecule has 0 spiro atoms. The molecule has 1 fully saturated rings. The third-order valence-corrected chi connectivity index (χ3v) is 7.73. The summed E-state index contributed by atoms with van der Waals surface area (Å²) >= 11 is 1.34. The SMILES string of the molecule is CCOC(=O)C1(Cc2cccc(OC)c2)CCCN(S(=O)(=O)c2ccsc2)C1. The summed E-state index contributed by atoms with van der Waals surface area (Å²) in [6.45, 7) is 2.54. The normalized spacial score (nSPS) is 20.6. The van der Waals surface area contributed by atoms with Crippen LogP contribution in [-0.2, 0) is 26.0 Å². The van der Waals surface area contributed by atoms with Crippen molar-refractivity contribution in [1.29, 1.82) is 0 Å². The Bertz CT molecular complexity index is 910. The van der Waals surface area contributed by atoms with Crippen LogP contribution in [0.15, 0.2) is 46.0 Å². The van der Waals surface area contributed by atoms with Crippen molar-refractivity contribution in [2.24, 2.45) is 5.41 Å². The summed E-state index contributed by atoms with van der Waals surface area (Å²) in [6.07, 6.45) is 1.59. The van der Waals surface area contributed by atoms with E-state index in [0.717, 1.165) is 5.56 Å². The lowest BCUT2D eigenvalue weighted by molar-refractivity contribution is -0.157. The number of hydrogen-bond acceptors (Lipinski definition) is 6. The van der Waals surface area contributed by atoms with E-state index < -0.39 is 15.4 Å². The summed E-state index contributed by atoms with van der Waals surface area (Å²) < 4.78 is 38.1. The van der Waals surface area contributed by atoms with Crippen LogP contribution in [0.1, 0.15) is 25.3 Å². The molecule has 1 unspecified atom stereocenters. The fraction of sp³-hybridized carbons (Fsp3) is 0.450. The topological polar surface area (TPSA) is 72.9 Å². The highest BCUT2D eigenvalue weighted by atomic mass is 32.2. The van der Waals surface area contributed by atoms with Gasteiger partial charge in [-0.1, -0.05) is 12.1 Å². The summed E-state index contributed by atoms with van der Waals surface area (Å²) in [5.41, 5.74) is 0.00571. The van der Waals surface area contributed by atoms with Gasteiger partial charge in [0.25, 0.3) is 0 Å². The van der Waals surface area contributed by atoms with E-state index in [2.05, 4.69) is 0 Å². The Morgan fingerprint density at radius 3 is 2.82 bits per heavy atom. The standard InChI is InChI=1S/C20H25NO5S2/c1-3-26-19(22)20(13-16-6-4-7-17(12-16)25-2)9-5-10-21(15-20)28(23,24)18-8-11-27-14-18/h4,6-8,11-12,14H,3,5,9-10,13,15H2,1-2H3. The molecular weight excluding hydrogens is 398 g/mol. The molecule has 2 heterocycles. The summed E-state index contributed by atoms with van der Waals surface area (Å²) in [5, 5.41) is 3.36. The molecule has 1 atom stereocenters. The second-order valence-corrected chi connectivity index (χ2v) is 9.65. The molecular formula is C20H25NO5S2. The van der Waals surface area contributed by atoms with Gasteiger partial charge in [-0.15, -0.1) is 0 Å². The monoisotopic (exact) mass is 423 g/mol. The number of ether oxygens (including phenoxy) is 2. The van der Waals surface area contributed by atoms with Gasteiger partial charge in [-0.05, 0) is 55.3 Å². The van der Waals surface area contributed by atoms with E-state index in [4.69, 9.17) is 9.47 Å². The average molecular weight is 424 g/mol. The molecule has 0 N–H and O–H groups in total. The molecule has 2 aromatic rings. The minimum absolute atomic E-state index is 0.112. The van der Waals surface area contributed by atoms with Crippen molar-refractivity contribution in [2.45, 2.75) is 31.1 Å². The summed E-state index contributed by atoms with van der Waals surface area (Å²) in [7, 11) is -2.04. The lowest BCUT2D eigenvalue weighted by Gasteiger charge is -2.40. The third kappa shape index (κ3) is 4.24. The number of rotatable bonds is 7. The Hall–Kier alpha value is -1.90. The molecule has 8 heteroatoms. The number of esters is 1. The van der Waals surface area contributed by atoms with Crippen LogP contribution >= 0.6 is 11.3 Å². The van der Waals surface area contributed by atoms with Crippen LogP contribution in [0.3, 0.4) is 0 Å². The summed E-state index contributed by atoms with van der Waals surface area (Å²) in [6, 6.07) is 9.12. The number of hydrogen-bond donors (Lipinski definition) is 0. The van der Waals surface area contributed by atoms with Crippen molar-refractivity contribution in [3.05, 3.63) is 46.7 Å². The zero-order chi connectivity index (χ0) is 20.2. The summed E-state index contributed by atoms with van der Waals surface area (Å²) in [4.78, 5) is 13.2. The average Bonchev–Trinajstić information content (AvgIpc) is 3.24. The molecule has 28 heavy (non-hydrogen) atoms. The number of carbonyl (C=O) groups is 1. The highest BCUT2D eigenvalue weighted by Crippen LogP contribution is 2.38. The van der Waals surface area contributed by atoms with Gasteiger partial charge >= 0.3 is 5.97 Å². The molecule has 1 aliphatic rings. The van der Waals surface area contributed by atoms with Crippen LogP contribution in [0, 0.1) is 5.41 Å². The number of methoxy groups -OCH3 is 1. The Balaban J connectivity index is 1.93. The molecule has 1 aromatic heterocycles. The molecule has 3 rings (SSSR count). The maximum Gasteiger partial charge on any atom is 0.313 e. The molecule has 0 aliphatic carbocycles. The number of piperidine rings is 1. The van der Waals surface area contributed by atoms with E-state index in [1.807, 2.05) is 24.3 Å². The van der Waals surface area contributed by atoms with E-state index in [0.29, 0.717) is 31.6 Å². The minimum Gasteiger partial charge on any atom is -0.497 e. The first-order valence-corrected chi connectivity index (χ1v) is 11.6. The molecule has 1 saturated heterocycles. The first-order chi connectivity index (χ1) is 13.4. The predicted molar refractivity (Wildman–Crippen MR) is 108 cm³/mol. The summed E-state index contributed by atoms with van der Waals surface area (Å²) in [5.74, 6) is 0.359. The van der Waals surface area contributed by atoms with Crippen molar-refractivity contribution in [1.82, 2.24) is 4.31 Å². The van der Waals surface area contributed by atoms with E-state index in [1.54, 1.807) is 30.9 Å². The Kier molecular flexibility index (Phi) is 6.42. The molecule has 0 saturated carbocycles. The van der Waals surface area contributed by atoms with Gasteiger partial charge in [-0.2, -0.15) is 15.6 Å². The van der Waals surface area contributed by atoms with Gasteiger partial charge in [0.1, 0.15) is 5.75 Å². The number of sulfonamides is 1. The van der Waals surface area contributed by atoms with Crippen molar-refractivity contribution in [2.75, 3.05) is 26.8 Å². The van der Waals surface area contributed by atoms with Crippen LogP contribution in [0.5, 0.6) is 5.75 Å². The Morgan fingerprint density at radius 2 is 2.14 bits per heavy atom. The predicted octanol–water partition coefficient (Wildman–Crippen LogP) is 3.33. The molecule has 1 aliphatic heterocycles. The third-order valence-electron chi connectivity index (χ3n) is 5.06. The van der Waals surface area contributed by atoms with Gasteiger partial charge < -0.3 is 9.47 Å². The van der Waals surface area contributed by atoms with Crippen molar-refractivity contribution >= 4 is 27.3 Å². The minimum atomic E-state index is -3.63. The van der Waals surface area contributed by atoms with Gasteiger partial charge in [0.15, 0.2) is 0 Å². The second kappa shape index (κ2) is 8.63. The van der Waals surface area contributed by atoms with Crippen LogP contribution in [0.4, 0.5) is 0 Å². The smallest absolute Gasteiger partial charge is 0.313 e. The van der Waals surface area contributed by atoms with Gasteiger partial charge in [-0.3, -0.25) is 4.79 Å². The van der Waals surface area contributed by atoms with E-state index in [-0.39, 0.29) is 24.0 Å². The zero-order valence-corrected chi connectivity index (χ0v) is 17.7. The van der Waals surface area contributed by atoms with Gasteiger partial charge in [0, 0.05) is 18.5 Å². The number of carbonyl (C=O) groups excluding carboxylic acids is 1. The van der Waals surface area contributed by atoms with Crippen molar-refractivity contribution < 1.29 is 22.7 Å². The highest BCUT2D eigenvalue weighted by molar-refractivity contribution is 7.89. The lowest BCUT2D eigenvalue weighted by Crippen LogP contribution is -2.51. The number of benzene rings is 1. The fourth-order valence-electron chi connectivity index (χ4n) is 3.68. The van der Waals surface area contributed by atoms with Crippen molar-refractivity contribution in [3.8, 4) is 5.75 Å². The lowest BCUT2D eigenvalue weighted by atomic mass is 9.75. The molecule has 6 nitrogen and oxygen atoms in total. The number of nitrogens with zero attached hydrogens (tertiary/aromatic N) is 1. The van der Waals surface area contributed by atoms with E-state index in [1.165, 1.54) is 15.6 Å². The second-order valence-electron chi connectivity index (χ2n) is 6.93. The molecule has 0 bridgehead atoms. The quantitative estimate of drug-likeness (QED) is 0.639. The molecule has 0 radical (unpaired) electrons. The van der Waals surface area contributed by atoms with Crippen molar-refractivity contribution in [3.63, 3.8) is 0 Å². The zero-order valence-electron chi connectivity index (χ0n) is 16.1. The molecule has 0 amide bonds. The fourth-order valence-corrected chi connectivity index (χ4v) is 6.26. The number of thiophene rings is 1. The van der Waals surface area contributed by atoms with E-state index >= 15 is 0 Å².